The van der Waals surface area contributed by atoms with Crippen LogP contribution in [0.5, 0.6) is 11.5 Å². The molecule has 1 unspecified atom stereocenters. The minimum absolute atomic E-state index is 0.130. The Balaban J connectivity index is 2.16. The van der Waals surface area contributed by atoms with Crippen LogP contribution in [0.1, 0.15) is 55.4 Å². The molecule has 0 saturated carbocycles. The van der Waals surface area contributed by atoms with Gasteiger partial charge in [0.25, 0.3) is 5.91 Å². The molecule has 0 spiro atoms. The quantitative estimate of drug-likeness (QED) is 0.795. The van der Waals surface area contributed by atoms with E-state index in [-0.39, 0.29) is 11.9 Å². The number of hydrogen-bond donors (Lipinski definition) is 1. The molecule has 1 atom stereocenters. The van der Waals surface area contributed by atoms with Crippen LogP contribution in [0.15, 0.2) is 24.4 Å². The van der Waals surface area contributed by atoms with E-state index >= 15 is 0 Å². The molecule has 1 heterocycles. The van der Waals surface area contributed by atoms with Crippen molar-refractivity contribution in [1.29, 1.82) is 0 Å². The smallest absolute Gasteiger partial charge is 0.251 e. The maximum Gasteiger partial charge on any atom is 0.251 e. The van der Waals surface area contributed by atoms with Crippen molar-refractivity contribution >= 4 is 5.91 Å². The number of amides is 1. The number of carbonyl (C=O) groups excluding carboxylic acids is 1. The second-order valence-electron chi connectivity index (χ2n) is 5.72. The highest BCUT2D eigenvalue weighted by atomic mass is 16.5. The molecule has 6 heteroatoms. The fraction of sp³-hybridized carbons (Fsp3) is 0.474. The minimum atomic E-state index is -0.153. The SMILES string of the molecule is CCOc1ccc(C(=O)NC(C)c2cnn(CC)c2C)cc1OCC. The average molecular weight is 345 g/mol. The maximum atomic E-state index is 12.6. The lowest BCUT2D eigenvalue weighted by molar-refractivity contribution is 0.0939. The average Bonchev–Trinajstić information content (AvgIpc) is 2.97. The molecule has 25 heavy (non-hydrogen) atoms. The van der Waals surface area contributed by atoms with Gasteiger partial charge in [0.1, 0.15) is 0 Å². The van der Waals surface area contributed by atoms with Crippen LogP contribution in [-0.2, 0) is 6.54 Å². The monoisotopic (exact) mass is 345 g/mol. The zero-order valence-electron chi connectivity index (χ0n) is 15.6. The predicted octanol–water partition coefficient (Wildman–Crippen LogP) is 3.50. The number of nitrogens with zero attached hydrogens (tertiary/aromatic N) is 2. The Morgan fingerprint density at radius 3 is 2.48 bits per heavy atom. The van der Waals surface area contributed by atoms with Gasteiger partial charge >= 0.3 is 0 Å². The number of aromatic nitrogens is 2. The summed E-state index contributed by atoms with van der Waals surface area (Å²) in [5.74, 6) is 1.08. The molecule has 2 rings (SSSR count). The van der Waals surface area contributed by atoms with E-state index in [0.717, 1.165) is 17.8 Å². The van der Waals surface area contributed by atoms with E-state index in [4.69, 9.17) is 9.47 Å². The highest BCUT2D eigenvalue weighted by Gasteiger charge is 2.17. The van der Waals surface area contributed by atoms with E-state index in [1.807, 2.05) is 45.5 Å². The molecule has 1 N–H and O–H groups in total. The molecule has 0 aliphatic rings. The molecule has 1 aromatic carbocycles. The summed E-state index contributed by atoms with van der Waals surface area (Å²) in [6, 6.07) is 5.11. The lowest BCUT2D eigenvalue weighted by Crippen LogP contribution is -2.27. The first kappa shape index (κ1) is 18.8. The van der Waals surface area contributed by atoms with Gasteiger partial charge in [0.2, 0.25) is 0 Å². The van der Waals surface area contributed by atoms with Crippen molar-refractivity contribution in [3.05, 3.63) is 41.2 Å². The summed E-state index contributed by atoms with van der Waals surface area (Å²) in [7, 11) is 0. The summed E-state index contributed by atoms with van der Waals surface area (Å²) in [6.45, 7) is 11.7. The zero-order chi connectivity index (χ0) is 18.4. The molecule has 6 nitrogen and oxygen atoms in total. The molecule has 1 aromatic heterocycles. The van der Waals surface area contributed by atoms with Crippen molar-refractivity contribution in [2.75, 3.05) is 13.2 Å². The predicted molar refractivity (Wildman–Crippen MR) is 97.3 cm³/mol. The van der Waals surface area contributed by atoms with Gasteiger partial charge in [-0.3, -0.25) is 9.48 Å². The number of hydrogen-bond acceptors (Lipinski definition) is 4. The van der Waals surface area contributed by atoms with Gasteiger partial charge in [-0.2, -0.15) is 5.10 Å². The summed E-state index contributed by atoms with van der Waals surface area (Å²) < 4.78 is 13.0. The van der Waals surface area contributed by atoms with Crippen molar-refractivity contribution in [2.45, 2.75) is 47.2 Å². The second kappa shape index (κ2) is 8.55. The molecule has 0 fully saturated rings. The number of ether oxygens (including phenoxy) is 2. The van der Waals surface area contributed by atoms with Gasteiger partial charge in [0.05, 0.1) is 25.5 Å². The van der Waals surface area contributed by atoms with Gasteiger partial charge in [-0.1, -0.05) is 0 Å². The number of aryl methyl sites for hydroxylation is 1. The van der Waals surface area contributed by atoms with Crippen molar-refractivity contribution in [3.63, 3.8) is 0 Å². The minimum Gasteiger partial charge on any atom is -0.490 e. The van der Waals surface area contributed by atoms with Crippen molar-refractivity contribution in [3.8, 4) is 11.5 Å². The molecular weight excluding hydrogens is 318 g/mol. The Morgan fingerprint density at radius 2 is 1.88 bits per heavy atom. The Hall–Kier alpha value is -2.50. The Kier molecular flexibility index (Phi) is 6.44. The van der Waals surface area contributed by atoms with E-state index < -0.39 is 0 Å². The standard InChI is InChI=1S/C19H27N3O3/c1-6-22-14(5)16(12-20-22)13(4)21-19(23)15-9-10-17(24-7-2)18(11-15)25-8-3/h9-13H,6-8H2,1-5H3,(H,21,23). The first-order valence-corrected chi connectivity index (χ1v) is 8.74. The third-order valence-corrected chi connectivity index (χ3v) is 4.06. The summed E-state index contributed by atoms with van der Waals surface area (Å²) >= 11 is 0. The van der Waals surface area contributed by atoms with Gasteiger partial charge < -0.3 is 14.8 Å². The van der Waals surface area contributed by atoms with Crippen LogP contribution >= 0.6 is 0 Å². The maximum absolute atomic E-state index is 12.6. The normalized spacial score (nSPS) is 11.9. The Morgan fingerprint density at radius 1 is 1.20 bits per heavy atom. The molecule has 0 aliphatic carbocycles. The number of rotatable bonds is 8. The first-order valence-electron chi connectivity index (χ1n) is 8.74. The molecule has 0 bridgehead atoms. The summed E-state index contributed by atoms with van der Waals surface area (Å²) in [4.78, 5) is 12.6. The van der Waals surface area contributed by atoms with Gasteiger partial charge in [0.15, 0.2) is 11.5 Å². The van der Waals surface area contributed by atoms with Crippen LogP contribution in [0, 0.1) is 6.92 Å². The van der Waals surface area contributed by atoms with E-state index in [2.05, 4.69) is 10.4 Å². The lowest BCUT2D eigenvalue weighted by atomic mass is 10.1. The second-order valence-corrected chi connectivity index (χ2v) is 5.72. The molecule has 0 saturated heterocycles. The first-order chi connectivity index (χ1) is 12.0. The molecule has 0 radical (unpaired) electrons. The largest absolute Gasteiger partial charge is 0.490 e. The van der Waals surface area contributed by atoms with Gasteiger partial charge in [-0.25, -0.2) is 0 Å². The lowest BCUT2D eigenvalue weighted by Gasteiger charge is -2.16. The zero-order valence-corrected chi connectivity index (χ0v) is 15.6. The van der Waals surface area contributed by atoms with Crippen molar-refractivity contribution < 1.29 is 14.3 Å². The molecular formula is C19H27N3O3. The summed E-state index contributed by atoms with van der Waals surface area (Å²) in [5, 5.41) is 7.36. The summed E-state index contributed by atoms with van der Waals surface area (Å²) in [5.41, 5.74) is 2.63. The molecule has 136 valence electrons. The Labute approximate surface area is 149 Å². The third-order valence-electron chi connectivity index (χ3n) is 4.06. The number of carbonyl (C=O) groups is 1. The topological polar surface area (TPSA) is 65.4 Å². The van der Waals surface area contributed by atoms with Gasteiger partial charge in [0, 0.05) is 23.4 Å². The molecule has 2 aromatic rings. The van der Waals surface area contributed by atoms with E-state index in [1.54, 1.807) is 18.2 Å². The van der Waals surface area contributed by atoms with Crippen LogP contribution in [0.4, 0.5) is 0 Å². The van der Waals surface area contributed by atoms with Crippen molar-refractivity contribution in [1.82, 2.24) is 15.1 Å². The van der Waals surface area contributed by atoms with E-state index in [1.165, 1.54) is 0 Å². The molecule has 0 aliphatic heterocycles. The van der Waals surface area contributed by atoms with Crippen LogP contribution < -0.4 is 14.8 Å². The molecule has 1 amide bonds. The third kappa shape index (κ3) is 4.32. The van der Waals surface area contributed by atoms with E-state index in [9.17, 15) is 4.79 Å². The van der Waals surface area contributed by atoms with Gasteiger partial charge in [-0.15, -0.1) is 0 Å². The number of nitrogens with one attached hydrogen (secondary N) is 1. The van der Waals surface area contributed by atoms with Crippen LogP contribution in [0.2, 0.25) is 0 Å². The highest BCUT2D eigenvalue weighted by Crippen LogP contribution is 2.29. The number of benzene rings is 1. The highest BCUT2D eigenvalue weighted by molar-refractivity contribution is 5.95. The van der Waals surface area contributed by atoms with Crippen LogP contribution in [-0.4, -0.2) is 28.9 Å². The van der Waals surface area contributed by atoms with Gasteiger partial charge in [-0.05, 0) is 52.8 Å². The van der Waals surface area contributed by atoms with Crippen molar-refractivity contribution in [2.24, 2.45) is 0 Å². The Bertz CT molecular complexity index is 725. The van der Waals surface area contributed by atoms with E-state index in [0.29, 0.717) is 30.3 Å². The fourth-order valence-corrected chi connectivity index (χ4v) is 2.75. The van der Waals surface area contributed by atoms with Crippen LogP contribution in [0.25, 0.3) is 0 Å². The fourth-order valence-electron chi connectivity index (χ4n) is 2.75. The van der Waals surface area contributed by atoms with Crippen LogP contribution in [0.3, 0.4) is 0 Å². The summed E-state index contributed by atoms with van der Waals surface area (Å²) in [6.07, 6.45) is 1.81.